The Labute approximate surface area is 445 Å². The van der Waals surface area contributed by atoms with Gasteiger partial charge in [0.05, 0.1) is 48.2 Å². The lowest BCUT2D eigenvalue weighted by molar-refractivity contribution is -0.169. The Kier molecular flexibility index (Phi) is 16.2. The van der Waals surface area contributed by atoms with Gasteiger partial charge in [-0.3, -0.25) is 48.1 Å². The SMILES string of the molecule is Cc1c(F)cc2nc3c(c4c2c1CC[C@@H]4NC(=O)C1CC(COCNC(=O)CNC(=O)[C@H](Cc2ccccc2)NC(=O)COC(=O)CNC(=O)CCCCCN2C(=O)C=CC2=O)C1)Cn1c-3cc2c(c1=O)COC(=O)[C@@]2(C)O. The summed E-state index contributed by atoms with van der Waals surface area (Å²) in [6.07, 6.45) is 6.06. The number of benzene rings is 2. The molecule has 3 aliphatic heterocycles. The van der Waals surface area contributed by atoms with Crippen LogP contribution in [0.25, 0.3) is 22.3 Å². The molecule has 23 heteroatoms. The molecular weight excluding hydrogens is 1020 g/mol. The number of amides is 7. The van der Waals surface area contributed by atoms with Crippen molar-refractivity contribution in [1.29, 1.82) is 0 Å². The Balaban J connectivity index is 0.705. The van der Waals surface area contributed by atoms with Crippen LogP contribution in [0.4, 0.5) is 4.39 Å². The highest BCUT2D eigenvalue weighted by molar-refractivity contribution is 6.12. The van der Waals surface area contributed by atoms with E-state index in [0.29, 0.717) is 78.5 Å². The fourth-order valence-corrected chi connectivity index (χ4v) is 10.7. The van der Waals surface area contributed by atoms with E-state index >= 15 is 4.39 Å². The number of fused-ring (bicyclic) bond motifs is 5. The predicted molar refractivity (Wildman–Crippen MR) is 272 cm³/mol. The van der Waals surface area contributed by atoms with E-state index < -0.39 is 84.3 Å². The number of nitrogens with zero attached hydrogens (tertiary/aromatic N) is 3. The van der Waals surface area contributed by atoms with Crippen molar-refractivity contribution >= 4 is 64.2 Å². The third-order valence-corrected chi connectivity index (χ3v) is 15.0. The van der Waals surface area contributed by atoms with Gasteiger partial charge in [-0.05, 0) is 86.6 Å². The number of halogens is 1. The monoisotopic (exact) mass is 1070 g/mol. The average Bonchev–Trinajstić information content (AvgIpc) is 4.13. The molecule has 0 radical (unpaired) electrons. The number of ether oxygens (including phenoxy) is 3. The lowest BCUT2D eigenvalue weighted by atomic mass is 9.74. The molecule has 4 aromatic rings. The van der Waals surface area contributed by atoms with Crippen LogP contribution in [0.1, 0.15) is 96.9 Å². The normalized spacial score (nSPS) is 19.9. The van der Waals surface area contributed by atoms with E-state index in [1.54, 1.807) is 43.3 Å². The summed E-state index contributed by atoms with van der Waals surface area (Å²) in [5, 5.41) is 25.1. The standard InChI is InChI=1S/C55H59FN8O14/c1-29-33-12-13-38(49-34-24-64-41(50(34)61-39(48(33)49)21-37(29)56)20-36-35(53(64)73)26-78-54(74)55(36,2)75)62-51(71)32-17-31(18-32)25-76-28-59-43(66)22-58-52(72)40(19-30-9-5-3-6-10-30)60-44(67)27-77-47(70)23-57-42(65)11-7-4-8-16-63-45(68)14-15-46(63)69/h3,5-6,9-10,14-15,20-21,31-32,38,40,75H,4,7-8,11-13,16-19,22-28H2,1-2H3,(H,57,65)(H,58,72)(H,59,66)(H,60,67)(H,62,71)/t31?,32?,38-,40-,55-/m0/s1. The molecular formula is C55H59FN8O14. The minimum Gasteiger partial charge on any atom is -0.458 e. The van der Waals surface area contributed by atoms with Gasteiger partial charge in [0, 0.05) is 60.0 Å². The maximum absolute atomic E-state index is 15.4. The molecule has 2 aromatic carbocycles. The zero-order valence-corrected chi connectivity index (χ0v) is 43.0. The number of hydrogen-bond acceptors (Lipinski definition) is 15. The smallest absolute Gasteiger partial charge is 0.342 e. The number of pyridine rings is 2. The van der Waals surface area contributed by atoms with Crippen molar-refractivity contribution in [1.82, 2.24) is 41.0 Å². The number of aromatic nitrogens is 2. The molecule has 1 fully saturated rings. The number of cyclic esters (lactones) is 1. The van der Waals surface area contributed by atoms with Gasteiger partial charge >= 0.3 is 11.9 Å². The van der Waals surface area contributed by atoms with E-state index in [9.17, 15) is 53.1 Å². The zero-order valence-electron chi connectivity index (χ0n) is 43.0. The molecule has 6 N–H and O–H groups in total. The molecule has 7 amide bonds. The van der Waals surface area contributed by atoms with Gasteiger partial charge in [0.15, 0.2) is 12.2 Å². The van der Waals surface area contributed by atoms with Gasteiger partial charge in [0.1, 0.15) is 31.7 Å². The number of aliphatic hydroxyl groups is 1. The van der Waals surface area contributed by atoms with Crippen LogP contribution in [0, 0.1) is 24.6 Å². The van der Waals surface area contributed by atoms with Crippen molar-refractivity contribution in [2.24, 2.45) is 11.8 Å². The Bertz CT molecular complexity index is 3210. The van der Waals surface area contributed by atoms with Crippen molar-refractivity contribution in [2.75, 3.05) is 39.6 Å². The highest BCUT2D eigenvalue weighted by atomic mass is 19.1. The fraction of sp³-hybridized carbons (Fsp3) is 0.436. The first-order valence-electron chi connectivity index (χ1n) is 25.9. The second kappa shape index (κ2) is 23.2. The van der Waals surface area contributed by atoms with Crippen molar-refractivity contribution < 1.29 is 66.9 Å². The molecule has 3 atom stereocenters. The molecule has 1 saturated carbocycles. The van der Waals surface area contributed by atoms with Crippen molar-refractivity contribution in [3.8, 4) is 11.4 Å². The molecule has 0 unspecified atom stereocenters. The number of rotatable bonds is 22. The molecule has 0 spiro atoms. The summed E-state index contributed by atoms with van der Waals surface area (Å²) in [5.41, 5.74) is 2.33. The summed E-state index contributed by atoms with van der Waals surface area (Å²) >= 11 is 0. The Morgan fingerprint density at radius 1 is 0.910 bits per heavy atom. The highest BCUT2D eigenvalue weighted by Crippen LogP contribution is 2.46. The van der Waals surface area contributed by atoms with Crippen LogP contribution in [-0.2, 0) is 89.0 Å². The summed E-state index contributed by atoms with van der Waals surface area (Å²) in [5.74, 6) is -5.91. The largest absolute Gasteiger partial charge is 0.458 e. The summed E-state index contributed by atoms with van der Waals surface area (Å²) in [6, 6.07) is 10.1. The quantitative estimate of drug-likeness (QED) is 0.0247. The van der Waals surface area contributed by atoms with Crippen LogP contribution < -0.4 is 32.1 Å². The van der Waals surface area contributed by atoms with Crippen molar-refractivity contribution in [2.45, 2.75) is 102 Å². The van der Waals surface area contributed by atoms with Gasteiger partial charge in [0.2, 0.25) is 23.6 Å². The number of carbonyl (C=O) groups is 9. The first kappa shape index (κ1) is 54.6. The molecule has 78 heavy (non-hydrogen) atoms. The minimum absolute atomic E-state index is 0.0155. The molecule has 9 rings (SSSR count). The fourth-order valence-electron chi connectivity index (χ4n) is 10.7. The van der Waals surface area contributed by atoms with Gasteiger partial charge in [-0.15, -0.1) is 0 Å². The van der Waals surface area contributed by atoms with Crippen LogP contribution in [0.15, 0.2) is 59.4 Å². The molecule has 2 aliphatic carbocycles. The molecule has 5 heterocycles. The Hall–Kier alpha value is -8.18. The van der Waals surface area contributed by atoms with Gasteiger partial charge in [-0.25, -0.2) is 14.2 Å². The molecule has 0 saturated heterocycles. The lowest BCUT2D eigenvalue weighted by Gasteiger charge is -2.36. The molecule has 0 bridgehead atoms. The van der Waals surface area contributed by atoms with Gasteiger partial charge in [-0.2, -0.15) is 0 Å². The van der Waals surface area contributed by atoms with Crippen LogP contribution in [0.3, 0.4) is 0 Å². The number of carbonyl (C=O) groups excluding carboxylic acids is 9. The molecule has 2 aromatic heterocycles. The van der Waals surface area contributed by atoms with Crippen LogP contribution >= 0.6 is 0 Å². The summed E-state index contributed by atoms with van der Waals surface area (Å²) < 4.78 is 32.7. The zero-order chi connectivity index (χ0) is 55.4. The third-order valence-electron chi connectivity index (χ3n) is 15.0. The molecule has 22 nitrogen and oxygen atoms in total. The second-order valence-electron chi connectivity index (χ2n) is 20.4. The topological polar surface area (TPSA) is 300 Å². The van der Waals surface area contributed by atoms with Crippen molar-refractivity contribution in [3.63, 3.8) is 0 Å². The minimum atomic E-state index is -2.07. The maximum Gasteiger partial charge on any atom is 0.342 e. The van der Waals surface area contributed by atoms with E-state index in [-0.39, 0.29) is 86.6 Å². The van der Waals surface area contributed by atoms with Crippen molar-refractivity contribution in [3.05, 3.63) is 110 Å². The first-order chi connectivity index (χ1) is 37.4. The Morgan fingerprint density at radius 3 is 2.42 bits per heavy atom. The summed E-state index contributed by atoms with van der Waals surface area (Å²) in [7, 11) is 0. The van der Waals surface area contributed by atoms with Gasteiger partial charge in [0.25, 0.3) is 23.3 Å². The lowest BCUT2D eigenvalue weighted by Crippen LogP contribution is -2.51. The number of unbranched alkanes of at least 4 members (excludes halogenated alkanes) is 2. The van der Waals surface area contributed by atoms with E-state index in [0.717, 1.165) is 21.4 Å². The number of nitrogens with one attached hydrogen (secondary N) is 5. The maximum atomic E-state index is 15.4. The van der Waals surface area contributed by atoms with E-state index in [2.05, 4.69) is 26.6 Å². The van der Waals surface area contributed by atoms with Crippen LogP contribution in [-0.4, -0.2) is 118 Å². The third kappa shape index (κ3) is 11.7. The molecule has 5 aliphatic rings. The number of hydrogen-bond donors (Lipinski definition) is 6. The highest BCUT2D eigenvalue weighted by Gasteiger charge is 2.44. The summed E-state index contributed by atoms with van der Waals surface area (Å²) in [4.78, 5) is 133. The number of imide groups is 1. The predicted octanol–water partition coefficient (Wildman–Crippen LogP) is 1.35. The van der Waals surface area contributed by atoms with E-state index in [4.69, 9.17) is 19.2 Å². The average molecular weight is 1080 g/mol. The van der Waals surface area contributed by atoms with Gasteiger partial charge in [-0.1, -0.05) is 36.8 Å². The summed E-state index contributed by atoms with van der Waals surface area (Å²) in [6.45, 7) is 1.41. The van der Waals surface area contributed by atoms with E-state index in [1.807, 2.05) is 0 Å². The van der Waals surface area contributed by atoms with Gasteiger partial charge < -0.3 is 50.5 Å². The van der Waals surface area contributed by atoms with Crippen LogP contribution in [0.2, 0.25) is 0 Å². The second-order valence-corrected chi connectivity index (χ2v) is 20.4. The van der Waals surface area contributed by atoms with E-state index in [1.165, 1.54) is 29.7 Å². The number of aryl methyl sites for hydroxylation is 1. The number of esters is 2. The van der Waals surface area contributed by atoms with Crippen LogP contribution in [0.5, 0.6) is 0 Å². The Morgan fingerprint density at radius 2 is 1.67 bits per heavy atom. The molecule has 410 valence electrons. The first-order valence-corrected chi connectivity index (χ1v) is 25.9.